The predicted molar refractivity (Wildman–Crippen MR) is 76.7 cm³/mol. The first-order valence-electron chi connectivity index (χ1n) is 6.13. The third-order valence-corrected chi connectivity index (χ3v) is 3.53. The van der Waals surface area contributed by atoms with E-state index in [9.17, 15) is 0 Å². The molecule has 2 rings (SSSR count). The van der Waals surface area contributed by atoms with Gasteiger partial charge >= 0.3 is 0 Å². The molecule has 2 aromatic carbocycles. The minimum absolute atomic E-state index is 0.805. The van der Waals surface area contributed by atoms with Crippen LogP contribution in [0.4, 0.5) is 0 Å². The number of benzene rings is 2. The molecule has 0 atom stereocenters. The van der Waals surface area contributed by atoms with E-state index >= 15 is 0 Å². The maximum atomic E-state index is 5.86. The van der Waals surface area contributed by atoms with E-state index in [1.54, 1.807) is 0 Å². The van der Waals surface area contributed by atoms with Crippen LogP contribution in [-0.4, -0.2) is 6.61 Å². The first-order chi connectivity index (χ1) is 8.33. The molecular formula is C15H17BrO. The Labute approximate surface area is 111 Å². The summed E-state index contributed by atoms with van der Waals surface area (Å²) in [5.74, 6) is 0.986. The summed E-state index contributed by atoms with van der Waals surface area (Å²) in [5.41, 5.74) is 0. The maximum Gasteiger partial charge on any atom is 0.127 e. The van der Waals surface area contributed by atoms with Gasteiger partial charge in [-0.15, -0.1) is 0 Å². The molecule has 0 bridgehead atoms. The van der Waals surface area contributed by atoms with Crippen LogP contribution < -0.4 is 4.74 Å². The van der Waals surface area contributed by atoms with Gasteiger partial charge in [0.15, 0.2) is 0 Å². The lowest BCUT2D eigenvalue weighted by atomic mass is 10.1. The summed E-state index contributed by atoms with van der Waals surface area (Å²) in [7, 11) is 0. The number of fused-ring (bicyclic) bond motifs is 1. The number of hydrogen-bond donors (Lipinski definition) is 0. The van der Waals surface area contributed by atoms with Crippen LogP contribution >= 0.6 is 15.9 Å². The molecule has 0 aliphatic heterocycles. The van der Waals surface area contributed by atoms with Crippen molar-refractivity contribution < 1.29 is 4.74 Å². The monoisotopic (exact) mass is 292 g/mol. The maximum absolute atomic E-state index is 5.86. The van der Waals surface area contributed by atoms with E-state index < -0.39 is 0 Å². The molecule has 90 valence electrons. The van der Waals surface area contributed by atoms with Gasteiger partial charge in [0.05, 0.1) is 6.61 Å². The SMILES string of the molecule is CCCCCOc1ccc(Br)c2ccccc12. The third kappa shape index (κ3) is 3.01. The van der Waals surface area contributed by atoms with Crippen molar-refractivity contribution in [2.75, 3.05) is 6.61 Å². The zero-order chi connectivity index (χ0) is 12.1. The van der Waals surface area contributed by atoms with E-state index in [0.29, 0.717) is 0 Å². The summed E-state index contributed by atoms with van der Waals surface area (Å²) in [6.45, 7) is 3.01. The van der Waals surface area contributed by atoms with Crippen molar-refractivity contribution in [1.29, 1.82) is 0 Å². The molecule has 0 fully saturated rings. The van der Waals surface area contributed by atoms with Gasteiger partial charge < -0.3 is 4.74 Å². The van der Waals surface area contributed by atoms with Gasteiger partial charge in [-0.25, -0.2) is 0 Å². The summed E-state index contributed by atoms with van der Waals surface area (Å²) >= 11 is 3.57. The van der Waals surface area contributed by atoms with Crippen molar-refractivity contribution in [3.8, 4) is 5.75 Å². The number of rotatable bonds is 5. The highest BCUT2D eigenvalue weighted by Gasteiger charge is 2.04. The second-order valence-electron chi connectivity index (χ2n) is 4.15. The van der Waals surface area contributed by atoms with Crippen LogP contribution in [0.25, 0.3) is 10.8 Å². The molecule has 0 unspecified atom stereocenters. The Balaban J connectivity index is 2.20. The molecule has 0 heterocycles. The van der Waals surface area contributed by atoms with Gasteiger partial charge in [-0.3, -0.25) is 0 Å². The van der Waals surface area contributed by atoms with E-state index in [-0.39, 0.29) is 0 Å². The Morgan fingerprint density at radius 3 is 2.53 bits per heavy atom. The quantitative estimate of drug-likeness (QED) is 0.691. The molecule has 0 aliphatic rings. The normalized spacial score (nSPS) is 10.7. The van der Waals surface area contributed by atoms with Gasteiger partial charge in [0.1, 0.15) is 5.75 Å². The van der Waals surface area contributed by atoms with Crippen molar-refractivity contribution >= 4 is 26.7 Å². The van der Waals surface area contributed by atoms with Gasteiger partial charge in [-0.05, 0) is 23.9 Å². The molecule has 17 heavy (non-hydrogen) atoms. The Bertz CT molecular complexity index is 493. The molecule has 0 radical (unpaired) electrons. The van der Waals surface area contributed by atoms with Gasteiger partial charge in [-0.1, -0.05) is 60.0 Å². The summed E-state index contributed by atoms with van der Waals surface area (Å²) in [6.07, 6.45) is 3.58. The summed E-state index contributed by atoms with van der Waals surface area (Å²) in [5, 5.41) is 2.39. The number of unbranched alkanes of at least 4 members (excludes halogenated alkanes) is 2. The lowest BCUT2D eigenvalue weighted by molar-refractivity contribution is 0.310. The van der Waals surface area contributed by atoms with Crippen LogP contribution in [0, 0.1) is 0 Å². The minimum atomic E-state index is 0.805. The molecule has 0 aromatic heterocycles. The third-order valence-electron chi connectivity index (χ3n) is 2.84. The fraction of sp³-hybridized carbons (Fsp3) is 0.333. The second kappa shape index (κ2) is 6.06. The Hall–Kier alpha value is -1.02. The molecule has 0 aliphatic carbocycles. The van der Waals surface area contributed by atoms with E-state index in [0.717, 1.165) is 23.2 Å². The highest BCUT2D eigenvalue weighted by molar-refractivity contribution is 9.10. The molecule has 0 amide bonds. The molecule has 2 heteroatoms. The van der Waals surface area contributed by atoms with Crippen molar-refractivity contribution in [1.82, 2.24) is 0 Å². The van der Waals surface area contributed by atoms with Crippen LogP contribution in [0.15, 0.2) is 40.9 Å². The van der Waals surface area contributed by atoms with Gasteiger partial charge in [0, 0.05) is 9.86 Å². The Kier molecular flexibility index (Phi) is 4.43. The minimum Gasteiger partial charge on any atom is -0.493 e. The van der Waals surface area contributed by atoms with Crippen LogP contribution in [0.3, 0.4) is 0 Å². The zero-order valence-corrected chi connectivity index (χ0v) is 11.7. The highest BCUT2D eigenvalue weighted by atomic mass is 79.9. The molecule has 2 aromatic rings. The molecule has 0 saturated heterocycles. The Morgan fingerprint density at radius 1 is 1.00 bits per heavy atom. The predicted octanol–water partition coefficient (Wildman–Crippen LogP) is 5.17. The fourth-order valence-corrected chi connectivity index (χ4v) is 2.37. The zero-order valence-electron chi connectivity index (χ0n) is 10.1. The largest absolute Gasteiger partial charge is 0.493 e. The standard InChI is InChI=1S/C15H17BrO/c1-2-3-6-11-17-15-10-9-14(16)12-7-4-5-8-13(12)15/h4-5,7-10H,2-3,6,11H2,1H3. The van der Waals surface area contributed by atoms with E-state index in [2.05, 4.69) is 41.1 Å². The molecule has 0 N–H and O–H groups in total. The van der Waals surface area contributed by atoms with E-state index in [1.165, 1.54) is 23.6 Å². The Morgan fingerprint density at radius 2 is 1.76 bits per heavy atom. The van der Waals surface area contributed by atoms with Crippen molar-refractivity contribution in [3.05, 3.63) is 40.9 Å². The van der Waals surface area contributed by atoms with Crippen molar-refractivity contribution in [2.45, 2.75) is 26.2 Å². The second-order valence-corrected chi connectivity index (χ2v) is 5.00. The lowest BCUT2D eigenvalue weighted by Crippen LogP contribution is -1.97. The van der Waals surface area contributed by atoms with Crippen LogP contribution in [0.2, 0.25) is 0 Å². The highest BCUT2D eigenvalue weighted by Crippen LogP contribution is 2.31. The molecule has 1 nitrogen and oxygen atoms in total. The molecule has 0 saturated carbocycles. The van der Waals surface area contributed by atoms with E-state index in [1.807, 2.05) is 18.2 Å². The average Bonchev–Trinajstić information content (AvgIpc) is 2.37. The van der Waals surface area contributed by atoms with Gasteiger partial charge in [-0.2, -0.15) is 0 Å². The first-order valence-corrected chi connectivity index (χ1v) is 6.92. The van der Waals surface area contributed by atoms with E-state index in [4.69, 9.17) is 4.74 Å². The van der Waals surface area contributed by atoms with Crippen molar-refractivity contribution in [3.63, 3.8) is 0 Å². The average molecular weight is 293 g/mol. The van der Waals surface area contributed by atoms with Gasteiger partial charge in [0.2, 0.25) is 0 Å². The number of halogens is 1. The van der Waals surface area contributed by atoms with Crippen LogP contribution in [0.1, 0.15) is 26.2 Å². The summed E-state index contributed by atoms with van der Waals surface area (Å²) in [6, 6.07) is 12.4. The number of hydrogen-bond acceptors (Lipinski definition) is 1. The first kappa shape index (κ1) is 12.4. The van der Waals surface area contributed by atoms with Crippen LogP contribution in [-0.2, 0) is 0 Å². The lowest BCUT2D eigenvalue weighted by Gasteiger charge is -2.10. The molecular weight excluding hydrogens is 276 g/mol. The summed E-state index contributed by atoms with van der Waals surface area (Å²) < 4.78 is 6.97. The van der Waals surface area contributed by atoms with Gasteiger partial charge in [0.25, 0.3) is 0 Å². The number of ether oxygens (including phenoxy) is 1. The smallest absolute Gasteiger partial charge is 0.127 e. The molecule has 0 spiro atoms. The topological polar surface area (TPSA) is 9.23 Å². The fourth-order valence-electron chi connectivity index (χ4n) is 1.89. The summed E-state index contributed by atoms with van der Waals surface area (Å²) in [4.78, 5) is 0. The van der Waals surface area contributed by atoms with Crippen LogP contribution in [0.5, 0.6) is 5.75 Å². The van der Waals surface area contributed by atoms with Crippen molar-refractivity contribution in [2.24, 2.45) is 0 Å².